The average Bonchev–Trinajstić information content (AvgIpc) is 2.29. The van der Waals surface area contributed by atoms with Crippen molar-refractivity contribution in [1.82, 2.24) is 4.90 Å². The summed E-state index contributed by atoms with van der Waals surface area (Å²) in [5.41, 5.74) is 0.417. The van der Waals surface area contributed by atoms with E-state index in [0.717, 1.165) is 45.4 Å². The summed E-state index contributed by atoms with van der Waals surface area (Å²) in [4.78, 5) is 14.3. The maximum absolute atomic E-state index is 12.2. The van der Waals surface area contributed by atoms with Crippen molar-refractivity contribution in [3.8, 4) is 0 Å². The van der Waals surface area contributed by atoms with Gasteiger partial charge in [-0.2, -0.15) is 0 Å². The summed E-state index contributed by atoms with van der Waals surface area (Å²) in [6.07, 6.45) is 4.31. The summed E-state index contributed by atoms with van der Waals surface area (Å²) in [5.74, 6) is 0.463. The summed E-state index contributed by atoms with van der Waals surface area (Å²) >= 11 is 0. The van der Waals surface area contributed by atoms with E-state index in [1.165, 1.54) is 0 Å². The van der Waals surface area contributed by atoms with Crippen LogP contribution in [0.5, 0.6) is 0 Å². The number of amides is 1. The monoisotopic (exact) mass is 225 g/mol. The third-order valence-electron chi connectivity index (χ3n) is 3.94. The summed E-state index contributed by atoms with van der Waals surface area (Å²) < 4.78 is 5.39. The lowest BCUT2D eigenvalue weighted by Crippen LogP contribution is -2.45. The average molecular weight is 225 g/mol. The van der Waals surface area contributed by atoms with Crippen LogP contribution in [0, 0.1) is 11.3 Å². The number of piperidine rings is 1. The fourth-order valence-electron chi connectivity index (χ4n) is 2.53. The molecule has 0 saturated carbocycles. The highest BCUT2D eigenvalue weighted by atomic mass is 16.5. The zero-order chi connectivity index (χ0) is 11.6. The van der Waals surface area contributed by atoms with Crippen LogP contribution < -0.4 is 0 Å². The first-order valence-corrected chi connectivity index (χ1v) is 6.45. The van der Waals surface area contributed by atoms with Gasteiger partial charge in [-0.15, -0.1) is 0 Å². The van der Waals surface area contributed by atoms with Crippen LogP contribution in [0.25, 0.3) is 0 Å². The molecule has 0 aliphatic carbocycles. The minimum atomic E-state index is 0.134. The van der Waals surface area contributed by atoms with E-state index < -0.39 is 0 Å². The number of hydrogen-bond donors (Lipinski definition) is 0. The Morgan fingerprint density at radius 2 is 2.00 bits per heavy atom. The largest absolute Gasteiger partial charge is 0.381 e. The molecule has 0 aromatic rings. The molecule has 0 N–H and O–H groups in total. The van der Waals surface area contributed by atoms with Gasteiger partial charge in [-0.3, -0.25) is 4.79 Å². The van der Waals surface area contributed by atoms with E-state index in [0.29, 0.717) is 17.9 Å². The number of carbonyl (C=O) groups is 1. The van der Waals surface area contributed by atoms with Crippen LogP contribution in [-0.4, -0.2) is 37.1 Å². The number of rotatable bonds is 1. The van der Waals surface area contributed by atoms with Crippen molar-refractivity contribution in [2.24, 2.45) is 11.3 Å². The molecule has 1 atom stereocenters. The summed E-state index contributed by atoms with van der Waals surface area (Å²) in [7, 11) is 0. The first-order valence-electron chi connectivity index (χ1n) is 6.45. The molecule has 0 radical (unpaired) electrons. The molecule has 2 aliphatic heterocycles. The van der Waals surface area contributed by atoms with Crippen LogP contribution in [0.3, 0.4) is 0 Å². The second kappa shape index (κ2) is 4.74. The van der Waals surface area contributed by atoms with E-state index in [4.69, 9.17) is 4.74 Å². The minimum Gasteiger partial charge on any atom is -0.381 e. The smallest absolute Gasteiger partial charge is 0.228 e. The molecule has 2 fully saturated rings. The maximum Gasteiger partial charge on any atom is 0.228 e. The Morgan fingerprint density at radius 1 is 1.31 bits per heavy atom. The van der Waals surface area contributed by atoms with E-state index in [1.54, 1.807) is 0 Å². The van der Waals surface area contributed by atoms with Gasteiger partial charge < -0.3 is 9.64 Å². The van der Waals surface area contributed by atoms with E-state index in [1.807, 2.05) is 4.90 Å². The first kappa shape index (κ1) is 11.9. The molecular weight excluding hydrogens is 202 g/mol. The Labute approximate surface area is 98.1 Å². The summed E-state index contributed by atoms with van der Waals surface area (Å²) in [6, 6.07) is 0. The highest BCUT2D eigenvalue weighted by Crippen LogP contribution is 2.30. The third kappa shape index (κ3) is 2.76. The molecule has 3 heteroatoms. The lowest BCUT2D eigenvalue weighted by Gasteiger charge is -2.38. The normalized spacial score (nSPS) is 30.1. The Morgan fingerprint density at radius 3 is 2.56 bits per heavy atom. The molecule has 16 heavy (non-hydrogen) atoms. The topological polar surface area (TPSA) is 29.5 Å². The van der Waals surface area contributed by atoms with Crippen molar-refractivity contribution >= 4 is 5.91 Å². The molecule has 2 aliphatic rings. The van der Waals surface area contributed by atoms with Crippen LogP contribution in [0.2, 0.25) is 0 Å². The van der Waals surface area contributed by atoms with E-state index in [9.17, 15) is 4.79 Å². The number of likely N-dealkylation sites (tertiary alicyclic amines) is 1. The maximum atomic E-state index is 12.2. The summed E-state index contributed by atoms with van der Waals surface area (Å²) in [6.45, 7) is 7.91. The molecule has 3 nitrogen and oxygen atoms in total. The Hall–Kier alpha value is -0.570. The molecule has 2 saturated heterocycles. The zero-order valence-corrected chi connectivity index (χ0v) is 10.5. The van der Waals surface area contributed by atoms with Crippen molar-refractivity contribution in [2.75, 3.05) is 26.3 Å². The van der Waals surface area contributed by atoms with Crippen LogP contribution in [0.4, 0.5) is 0 Å². The lowest BCUT2D eigenvalue weighted by atomic mass is 9.82. The van der Waals surface area contributed by atoms with Crippen molar-refractivity contribution in [3.05, 3.63) is 0 Å². The van der Waals surface area contributed by atoms with Gasteiger partial charge in [0.2, 0.25) is 5.91 Å². The third-order valence-corrected chi connectivity index (χ3v) is 3.94. The SMILES string of the molecule is CC1(C)CCN(C(=O)C2CCCOC2)CC1. The second-order valence-corrected chi connectivity index (χ2v) is 5.90. The van der Waals surface area contributed by atoms with E-state index in [-0.39, 0.29) is 5.92 Å². The van der Waals surface area contributed by atoms with Gasteiger partial charge in [0.25, 0.3) is 0 Å². The molecule has 2 rings (SSSR count). The Kier molecular flexibility index (Phi) is 3.53. The van der Waals surface area contributed by atoms with Crippen LogP contribution >= 0.6 is 0 Å². The van der Waals surface area contributed by atoms with Gasteiger partial charge in [0, 0.05) is 19.7 Å². The van der Waals surface area contributed by atoms with Gasteiger partial charge in [-0.1, -0.05) is 13.8 Å². The van der Waals surface area contributed by atoms with Crippen LogP contribution in [0.1, 0.15) is 39.5 Å². The molecular formula is C13H23NO2. The minimum absolute atomic E-state index is 0.134. The highest BCUT2D eigenvalue weighted by molar-refractivity contribution is 5.79. The molecule has 2 heterocycles. The molecule has 92 valence electrons. The molecule has 1 unspecified atom stereocenters. The second-order valence-electron chi connectivity index (χ2n) is 5.90. The van der Waals surface area contributed by atoms with Crippen molar-refractivity contribution in [3.63, 3.8) is 0 Å². The number of ether oxygens (including phenoxy) is 1. The van der Waals surface area contributed by atoms with Gasteiger partial charge in [-0.25, -0.2) is 0 Å². The van der Waals surface area contributed by atoms with Crippen molar-refractivity contribution in [2.45, 2.75) is 39.5 Å². The predicted molar refractivity (Wildman–Crippen MR) is 63.1 cm³/mol. The quantitative estimate of drug-likeness (QED) is 0.683. The predicted octanol–water partition coefficient (Wildman–Crippen LogP) is 2.06. The fraction of sp³-hybridized carbons (Fsp3) is 0.923. The first-order chi connectivity index (χ1) is 7.58. The van der Waals surface area contributed by atoms with Gasteiger partial charge in [0.1, 0.15) is 0 Å². The zero-order valence-electron chi connectivity index (χ0n) is 10.5. The van der Waals surface area contributed by atoms with Gasteiger partial charge in [0.15, 0.2) is 0 Å². The Balaban J connectivity index is 1.86. The Bertz CT molecular complexity index is 247. The van der Waals surface area contributed by atoms with Crippen LogP contribution in [-0.2, 0) is 9.53 Å². The molecule has 0 spiro atoms. The number of hydrogen-bond acceptors (Lipinski definition) is 2. The number of nitrogens with zero attached hydrogens (tertiary/aromatic N) is 1. The van der Waals surface area contributed by atoms with E-state index >= 15 is 0 Å². The molecule has 0 aromatic carbocycles. The highest BCUT2D eigenvalue weighted by Gasteiger charge is 2.31. The van der Waals surface area contributed by atoms with Gasteiger partial charge in [-0.05, 0) is 31.1 Å². The van der Waals surface area contributed by atoms with E-state index in [2.05, 4.69) is 13.8 Å². The van der Waals surface area contributed by atoms with Gasteiger partial charge >= 0.3 is 0 Å². The molecule has 1 amide bonds. The standard InChI is InChI=1S/C13H23NO2/c1-13(2)5-7-14(8-6-13)12(15)11-4-3-9-16-10-11/h11H,3-10H2,1-2H3. The van der Waals surface area contributed by atoms with Crippen molar-refractivity contribution < 1.29 is 9.53 Å². The molecule has 0 bridgehead atoms. The van der Waals surface area contributed by atoms with Crippen molar-refractivity contribution in [1.29, 1.82) is 0 Å². The molecule has 0 aromatic heterocycles. The summed E-state index contributed by atoms with van der Waals surface area (Å²) in [5, 5.41) is 0. The van der Waals surface area contributed by atoms with Crippen LogP contribution in [0.15, 0.2) is 0 Å². The number of carbonyl (C=O) groups excluding carboxylic acids is 1. The fourth-order valence-corrected chi connectivity index (χ4v) is 2.53. The van der Waals surface area contributed by atoms with Gasteiger partial charge in [0.05, 0.1) is 12.5 Å². The lowest BCUT2D eigenvalue weighted by molar-refractivity contribution is -0.141.